The summed E-state index contributed by atoms with van der Waals surface area (Å²) < 4.78 is 0. The Balaban J connectivity index is 1.64. The Morgan fingerprint density at radius 2 is 2.04 bits per heavy atom. The number of nitrogens with one attached hydrogen (secondary N) is 1. The summed E-state index contributed by atoms with van der Waals surface area (Å²) in [4.78, 5) is 24.5. The monoisotopic (exact) mass is 315 g/mol. The van der Waals surface area contributed by atoms with Crippen molar-refractivity contribution < 1.29 is 14.7 Å². The molecule has 8 nitrogen and oxygen atoms in total. The van der Waals surface area contributed by atoms with Crippen LogP contribution in [0.1, 0.15) is 25.8 Å². The van der Waals surface area contributed by atoms with Gasteiger partial charge < -0.3 is 10.4 Å². The molecule has 1 aromatic heterocycles. The van der Waals surface area contributed by atoms with E-state index in [9.17, 15) is 9.59 Å². The number of benzene rings is 1. The van der Waals surface area contributed by atoms with Gasteiger partial charge in [0.15, 0.2) is 0 Å². The first kappa shape index (κ1) is 15.1. The number of nitrogens with zero attached hydrogens (tertiary/aromatic N) is 4. The zero-order chi connectivity index (χ0) is 16.4. The molecule has 1 saturated carbocycles. The highest BCUT2D eigenvalue weighted by molar-refractivity contribution is 5.82. The molecule has 1 atom stereocenters. The SMILES string of the molecule is CC(C(=O)NCC1(C(=O)O)CC1)n1nnc(-c2ccccc2)n1. The van der Waals surface area contributed by atoms with E-state index in [4.69, 9.17) is 5.11 Å². The fraction of sp³-hybridized carbons (Fsp3) is 0.400. The van der Waals surface area contributed by atoms with Gasteiger partial charge in [-0.15, -0.1) is 10.2 Å². The van der Waals surface area contributed by atoms with Gasteiger partial charge in [0.1, 0.15) is 6.04 Å². The summed E-state index contributed by atoms with van der Waals surface area (Å²) >= 11 is 0. The number of hydrogen-bond acceptors (Lipinski definition) is 5. The van der Waals surface area contributed by atoms with E-state index in [-0.39, 0.29) is 12.5 Å². The summed E-state index contributed by atoms with van der Waals surface area (Å²) in [7, 11) is 0. The van der Waals surface area contributed by atoms with Gasteiger partial charge in [-0.25, -0.2) is 0 Å². The predicted octanol–water partition coefficient (Wildman–Crippen LogP) is 0.882. The first-order valence-electron chi connectivity index (χ1n) is 7.38. The first-order chi connectivity index (χ1) is 11.0. The Labute approximate surface area is 132 Å². The van der Waals surface area contributed by atoms with Crippen LogP contribution in [-0.2, 0) is 9.59 Å². The Morgan fingerprint density at radius 3 is 2.65 bits per heavy atom. The molecule has 1 aromatic carbocycles. The van der Waals surface area contributed by atoms with Crippen LogP contribution < -0.4 is 5.32 Å². The van der Waals surface area contributed by atoms with Crippen molar-refractivity contribution in [2.24, 2.45) is 5.41 Å². The largest absolute Gasteiger partial charge is 0.481 e. The third-order valence-electron chi connectivity index (χ3n) is 4.09. The normalized spacial score (nSPS) is 16.6. The van der Waals surface area contributed by atoms with Crippen LogP contribution in [0.2, 0.25) is 0 Å². The third kappa shape index (κ3) is 3.05. The van der Waals surface area contributed by atoms with E-state index >= 15 is 0 Å². The molecule has 0 saturated heterocycles. The van der Waals surface area contributed by atoms with E-state index in [2.05, 4.69) is 20.7 Å². The zero-order valence-corrected chi connectivity index (χ0v) is 12.6. The number of amides is 1. The summed E-state index contributed by atoms with van der Waals surface area (Å²) in [6, 6.07) is 8.68. The molecule has 2 aromatic rings. The molecule has 2 N–H and O–H groups in total. The fourth-order valence-electron chi connectivity index (χ4n) is 2.22. The lowest BCUT2D eigenvalue weighted by Gasteiger charge is -2.14. The molecule has 0 bridgehead atoms. The van der Waals surface area contributed by atoms with Crippen LogP contribution in [0.15, 0.2) is 30.3 Å². The number of rotatable bonds is 6. The predicted molar refractivity (Wildman–Crippen MR) is 80.3 cm³/mol. The molecule has 1 amide bonds. The van der Waals surface area contributed by atoms with Crippen LogP contribution in [0.4, 0.5) is 0 Å². The van der Waals surface area contributed by atoms with Crippen molar-refractivity contribution in [3.8, 4) is 11.4 Å². The molecule has 0 radical (unpaired) electrons. The van der Waals surface area contributed by atoms with Crippen molar-refractivity contribution >= 4 is 11.9 Å². The van der Waals surface area contributed by atoms with Crippen molar-refractivity contribution in [3.63, 3.8) is 0 Å². The van der Waals surface area contributed by atoms with E-state index < -0.39 is 17.4 Å². The topological polar surface area (TPSA) is 110 Å². The number of carbonyl (C=O) groups is 2. The Morgan fingerprint density at radius 1 is 1.35 bits per heavy atom. The fourth-order valence-corrected chi connectivity index (χ4v) is 2.22. The number of carboxylic acid groups (broad SMARTS) is 1. The molecule has 1 unspecified atom stereocenters. The summed E-state index contributed by atoms with van der Waals surface area (Å²) in [6.45, 7) is 1.78. The Bertz CT molecular complexity index is 724. The molecule has 8 heteroatoms. The van der Waals surface area contributed by atoms with Crippen molar-refractivity contribution in [1.82, 2.24) is 25.5 Å². The summed E-state index contributed by atoms with van der Waals surface area (Å²) in [6.07, 6.45) is 1.19. The van der Waals surface area contributed by atoms with Crippen molar-refractivity contribution in [1.29, 1.82) is 0 Å². The van der Waals surface area contributed by atoms with E-state index in [1.165, 1.54) is 4.80 Å². The molecule has 0 spiro atoms. The number of tetrazole rings is 1. The third-order valence-corrected chi connectivity index (χ3v) is 4.09. The van der Waals surface area contributed by atoms with Gasteiger partial charge in [0.25, 0.3) is 0 Å². The molecule has 3 rings (SSSR count). The van der Waals surface area contributed by atoms with Gasteiger partial charge in [0.2, 0.25) is 11.7 Å². The van der Waals surface area contributed by atoms with E-state index in [1.807, 2.05) is 30.3 Å². The van der Waals surface area contributed by atoms with Crippen LogP contribution in [0.25, 0.3) is 11.4 Å². The molecule has 23 heavy (non-hydrogen) atoms. The van der Waals surface area contributed by atoms with E-state index in [1.54, 1.807) is 6.92 Å². The van der Waals surface area contributed by atoms with Crippen LogP contribution in [0.5, 0.6) is 0 Å². The lowest BCUT2D eigenvalue weighted by atomic mass is 10.1. The van der Waals surface area contributed by atoms with Gasteiger partial charge in [-0.1, -0.05) is 30.3 Å². The lowest BCUT2D eigenvalue weighted by molar-refractivity contribution is -0.143. The molecule has 1 fully saturated rings. The number of carbonyl (C=O) groups excluding carboxylic acids is 1. The number of aliphatic carboxylic acids is 1. The maximum atomic E-state index is 12.2. The smallest absolute Gasteiger partial charge is 0.311 e. The maximum Gasteiger partial charge on any atom is 0.311 e. The number of carboxylic acids is 1. The second-order valence-corrected chi connectivity index (χ2v) is 5.78. The minimum absolute atomic E-state index is 0.131. The van der Waals surface area contributed by atoms with Crippen LogP contribution in [0, 0.1) is 5.41 Å². The average molecular weight is 315 g/mol. The molecular weight excluding hydrogens is 298 g/mol. The van der Waals surface area contributed by atoms with Crippen LogP contribution >= 0.6 is 0 Å². The Kier molecular flexibility index (Phi) is 3.81. The molecule has 1 aliphatic rings. The van der Waals surface area contributed by atoms with Crippen molar-refractivity contribution in [2.45, 2.75) is 25.8 Å². The van der Waals surface area contributed by atoms with Gasteiger partial charge in [-0.2, -0.15) is 4.80 Å². The van der Waals surface area contributed by atoms with Crippen LogP contribution in [-0.4, -0.2) is 43.7 Å². The second-order valence-electron chi connectivity index (χ2n) is 5.78. The van der Waals surface area contributed by atoms with Gasteiger partial charge in [0.05, 0.1) is 5.41 Å². The molecular formula is C15H17N5O3. The molecule has 0 aliphatic heterocycles. The minimum Gasteiger partial charge on any atom is -0.481 e. The maximum absolute atomic E-state index is 12.2. The lowest BCUT2D eigenvalue weighted by Crippen LogP contribution is -2.38. The Hall–Kier alpha value is -2.77. The number of hydrogen-bond donors (Lipinski definition) is 2. The molecule has 1 aliphatic carbocycles. The molecule has 120 valence electrons. The highest BCUT2D eigenvalue weighted by Crippen LogP contribution is 2.45. The highest BCUT2D eigenvalue weighted by Gasteiger charge is 2.50. The first-order valence-corrected chi connectivity index (χ1v) is 7.38. The average Bonchev–Trinajstić information content (AvgIpc) is 3.21. The van der Waals surface area contributed by atoms with Crippen LogP contribution in [0.3, 0.4) is 0 Å². The minimum atomic E-state index is -0.865. The summed E-state index contributed by atoms with van der Waals surface area (Å²) in [5.74, 6) is -0.750. The molecule has 1 heterocycles. The summed E-state index contributed by atoms with van der Waals surface area (Å²) in [5.41, 5.74) is 0.0227. The van der Waals surface area contributed by atoms with Crippen molar-refractivity contribution in [2.75, 3.05) is 6.54 Å². The van der Waals surface area contributed by atoms with Crippen molar-refractivity contribution in [3.05, 3.63) is 30.3 Å². The quantitative estimate of drug-likeness (QED) is 0.819. The highest BCUT2D eigenvalue weighted by atomic mass is 16.4. The summed E-state index contributed by atoms with van der Waals surface area (Å²) in [5, 5.41) is 23.8. The van der Waals surface area contributed by atoms with E-state index in [0.717, 1.165) is 5.56 Å². The van der Waals surface area contributed by atoms with Gasteiger partial charge in [-0.05, 0) is 25.0 Å². The zero-order valence-electron chi connectivity index (χ0n) is 12.6. The standard InChI is InChI=1S/C15H17N5O3/c1-10(13(21)16-9-15(7-8-15)14(22)23)20-18-12(17-19-20)11-5-3-2-4-6-11/h2-6,10H,7-9H2,1H3,(H,16,21)(H,22,23). The van der Waals surface area contributed by atoms with Gasteiger partial charge in [0, 0.05) is 12.1 Å². The van der Waals surface area contributed by atoms with E-state index in [0.29, 0.717) is 18.7 Å². The van der Waals surface area contributed by atoms with Gasteiger partial charge in [-0.3, -0.25) is 9.59 Å². The number of aromatic nitrogens is 4. The van der Waals surface area contributed by atoms with Gasteiger partial charge >= 0.3 is 5.97 Å². The second kappa shape index (κ2) is 5.79.